The Labute approximate surface area is 111 Å². The summed E-state index contributed by atoms with van der Waals surface area (Å²) in [6, 6.07) is 11.7. The average molecular weight is 254 g/mol. The van der Waals surface area contributed by atoms with Gasteiger partial charge in [0.1, 0.15) is 11.6 Å². The number of hydrogen-bond acceptors (Lipinski definition) is 4. The number of aryl methyl sites for hydroxylation is 1. The van der Waals surface area contributed by atoms with E-state index < -0.39 is 0 Å². The van der Waals surface area contributed by atoms with Crippen molar-refractivity contribution >= 4 is 12.2 Å². The van der Waals surface area contributed by atoms with E-state index in [0.29, 0.717) is 23.7 Å². The van der Waals surface area contributed by atoms with E-state index in [9.17, 15) is 5.26 Å². The maximum absolute atomic E-state index is 9.20. The highest BCUT2D eigenvalue weighted by Crippen LogP contribution is 2.25. The second-order valence-corrected chi connectivity index (χ2v) is 3.83. The van der Waals surface area contributed by atoms with Gasteiger partial charge in [0.05, 0.1) is 18.0 Å². The van der Waals surface area contributed by atoms with Crippen molar-refractivity contribution in [2.24, 2.45) is 4.99 Å². The summed E-state index contributed by atoms with van der Waals surface area (Å²) in [6.45, 7) is 4.19. The first-order chi connectivity index (χ1) is 9.27. The Morgan fingerprint density at radius 1 is 1.42 bits per heavy atom. The first kappa shape index (κ1) is 12.8. The molecule has 0 radical (unpaired) electrons. The van der Waals surface area contributed by atoms with Crippen molar-refractivity contribution < 1.29 is 4.74 Å². The van der Waals surface area contributed by atoms with Crippen molar-refractivity contribution in [2.45, 2.75) is 13.8 Å². The van der Waals surface area contributed by atoms with Gasteiger partial charge < -0.3 is 4.74 Å². The lowest BCUT2D eigenvalue weighted by Crippen LogP contribution is -1.96. The van der Waals surface area contributed by atoms with Crippen LogP contribution in [0, 0.1) is 18.3 Å². The SMILES string of the molecule is CCO/C=N/c1c(C#N)c(C)nn1-c1ccccc1. The fraction of sp³-hybridized carbons (Fsp3) is 0.214. The molecular weight excluding hydrogens is 240 g/mol. The van der Waals surface area contributed by atoms with Crippen LogP contribution in [0.25, 0.3) is 5.69 Å². The zero-order valence-corrected chi connectivity index (χ0v) is 10.9. The normalized spacial score (nSPS) is 10.6. The number of rotatable bonds is 4. The van der Waals surface area contributed by atoms with E-state index in [1.165, 1.54) is 6.40 Å². The first-order valence-electron chi connectivity index (χ1n) is 5.97. The van der Waals surface area contributed by atoms with E-state index in [2.05, 4.69) is 16.2 Å². The Bertz CT molecular complexity index is 623. The third-order valence-electron chi connectivity index (χ3n) is 2.56. The minimum atomic E-state index is 0.458. The Morgan fingerprint density at radius 2 is 2.16 bits per heavy atom. The standard InChI is InChI=1S/C14H14N4O/c1-3-19-10-16-14-13(9-15)11(2)17-18(14)12-7-5-4-6-8-12/h4-8,10H,3H2,1-2H3/b16-10+. The molecule has 0 aliphatic rings. The summed E-state index contributed by atoms with van der Waals surface area (Å²) < 4.78 is 6.74. The molecule has 5 heteroatoms. The molecule has 19 heavy (non-hydrogen) atoms. The molecular formula is C14H14N4O. The highest BCUT2D eigenvalue weighted by Gasteiger charge is 2.15. The number of nitriles is 1. The van der Waals surface area contributed by atoms with Crippen molar-refractivity contribution in [2.75, 3.05) is 6.61 Å². The zero-order chi connectivity index (χ0) is 13.7. The van der Waals surface area contributed by atoms with Crippen molar-refractivity contribution in [3.05, 3.63) is 41.6 Å². The quantitative estimate of drug-likeness (QED) is 0.622. The van der Waals surface area contributed by atoms with Crippen LogP contribution in [-0.2, 0) is 4.74 Å². The molecule has 1 aromatic carbocycles. The third kappa shape index (κ3) is 2.63. The van der Waals surface area contributed by atoms with Crippen LogP contribution in [0.2, 0.25) is 0 Å². The summed E-state index contributed by atoms with van der Waals surface area (Å²) in [5.74, 6) is 0.486. The summed E-state index contributed by atoms with van der Waals surface area (Å²) >= 11 is 0. The van der Waals surface area contributed by atoms with Gasteiger partial charge in [-0.15, -0.1) is 0 Å². The summed E-state index contributed by atoms with van der Waals surface area (Å²) in [5.41, 5.74) is 1.96. The van der Waals surface area contributed by atoms with Crippen LogP contribution in [0.4, 0.5) is 5.82 Å². The molecule has 0 aliphatic carbocycles. The molecule has 96 valence electrons. The minimum Gasteiger partial charge on any atom is -0.483 e. The number of nitrogens with zero attached hydrogens (tertiary/aromatic N) is 4. The Morgan fingerprint density at radius 3 is 2.79 bits per heavy atom. The smallest absolute Gasteiger partial charge is 0.177 e. The molecule has 0 bridgehead atoms. The molecule has 0 atom stereocenters. The molecule has 0 unspecified atom stereocenters. The fourth-order valence-electron chi connectivity index (χ4n) is 1.68. The maximum Gasteiger partial charge on any atom is 0.177 e. The van der Waals surface area contributed by atoms with Crippen LogP contribution in [0.1, 0.15) is 18.2 Å². The number of benzene rings is 1. The molecule has 2 rings (SSSR count). The largest absolute Gasteiger partial charge is 0.483 e. The van der Waals surface area contributed by atoms with Crippen molar-refractivity contribution in [1.82, 2.24) is 9.78 Å². The predicted octanol–water partition coefficient (Wildman–Crippen LogP) is 2.75. The van der Waals surface area contributed by atoms with Gasteiger partial charge >= 0.3 is 0 Å². The van der Waals surface area contributed by atoms with Gasteiger partial charge in [0.15, 0.2) is 12.2 Å². The van der Waals surface area contributed by atoms with E-state index in [1.54, 1.807) is 11.6 Å². The third-order valence-corrected chi connectivity index (χ3v) is 2.56. The van der Waals surface area contributed by atoms with Crippen LogP contribution in [0.3, 0.4) is 0 Å². The second kappa shape index (κ2) is 5.83. The Kier molecular flexibility index (Phi) is 3.94. The van der Waals surface area contributed by atoms with E-state index in [1.807, 2.05) is 37.3 Å². The van der Waals surface area contributed by atoms with Crippen LogP contribution < -0.4 is 0 Å². The van der Waals surface area contributed by atoms with Gasteiger partial charge in [-0.1, -0.05) is 18.2 Å². The number of para-hydroxylation sites is 1. The molecule has 0 N–H and O–H groups in total. The van der Waals surface area contributed by atoms with Gasteiger partial charge in [-0.25, -0.2) is 4.68 Å². The number of hydrogen-bond donors (Lipinski definition) is 0. The molecule has 1 heterocycles. The maximum atomic E-state index is 9.20. The van der Waals surface area contributed by atoms with Crippen molar-refractivity contribution in [1.29, 1.82) is 5.26 Å². The monoisotopic (exact) mass is 254 g/mol. The highest BCUT2D eigenvalue weighted by atomic mass is 16.5. The zero-order valence-electron chi connectivity index (χ0n) is 10.9. The van der Waals surface area contributed by atoms with Crippen LogP contribution in [0.5, 0.6) is 0 Å². The molecule has 0 fully saturated rings. The lowest BCUT2D eigenvalue weighted by Gasteiger charge is -2.03. The molecule has 1 aromatic heterocycles. The van der Waals surface area contributed by atoms with Gasteiger partial charge in [-0.05, 0) is 26.0 Å². The van der Waals surface area contributed by atoms with Gasteiger partial charge in [-0.2, -0.15) is 15.4 Å². The lowest BCUT2D eigenvalue weighted by atomic mass is 10.2. The van der Waals surface area contributed by atoms with Crippen LogP contribution in [-0.4, -0.2) is 22.8 Å². The van der Waals surface area contributed by atoms with Crippen LogP contribution in [0.15, 0.2) is 35.3 Å². The summed E-state index contributed by atoms with van der Waals surface area (Å²) in [4.78, 5) is 4.19. The minimum absolute atomic E-state index is 0.458. The second-order valence-electron chi connectivity index (χ2n) is 3.83. The average Bonchev–Trinajstić information content (AvgIpc) is 2.76. The van der Waals surface area contributed by atoms with Gasteiger partial charge in [0.25, 0.3) is 0 Å². The number of aromatic nitrogens is 2. The van der Waals surface area contributed by atoms with E-state index in [-0.39, 0.29) is 0 Å². The molecule has 0 saturated heterocycles. The van der Waals surface area contributed by atoms with E-state index >= 15 is 0 Å². The number of ether oxygens (including phenoxy) is 1. The fourth-order valence-corrected chi connectivity index (χ4v) is 1.68. The van der Waals surface area contributed by atoms with Crippen LogP contribution >= 0.6 is 0 Å². The first-order valence-corrected chi connectivity index (χ1v) is 5.97. The van der Waals surface area contributed by atoms with E-state index in [0.717, 1.165) is 5.69 Å². The lowest BCUT2D eigenvalue weighted by molar-refractivity contribution is 0.343. The molecule has 0 spiro atoms. The molecule has 0 amide bonds. The molecule has 5 nitrogen and oxygen atoms in total. The Balaban J connectivity index is 2.53. The summed E-state index contributed by atoms with van der Waals surface area (Å²) in [5, 5.41) is 13.6. The summed E-state index contributed by atoms with van der Waals surface area (Å²) in [6.07, 6.45) is 1.34. The van der Waals surface area contributed by atoms with Gasteiger partial charge in [0.2, 0.25) is 0 Å². The van der Waals surface area contributed by atoms with Crippen molar-refractivity contribution in [3.8, 4) is 11.8 Å². The highest BCUT2D eigenvalue weighted by molar-refractivity contribution is 5.62. The Hall–Kier alpha value is -2.61. The van der Waals surface area contributed by atoms with Crippen molar-refractivity contribution in [3.63, 3.8) is 0 Å². The predicted molar refractivity (Wildman–Crippen MR) is 72.8 cm³/mol. The molecule has 0 aliphatic heterocycles. The topological polar surface area (TPSA) is 63.2 Å². The summed E-state index contributed by atoms with van der Waals surface area (Å²) in [7, 11) is 0. The molecule has 2 aromatic rings. The van der Waals surface area contributed by atoms with Gasteiger partial charge in [0, 0.05) is 0 Å². The van der Waals surface area contributed by atoms with Gasteiger partial charge in [-0.3, -0.25) is 0 Å². The van der Waals surface area contributed by atoms with E-state index in [4.69, 9.17) is 4.74 Å². The molecule has 0 saturated carbocycles. The number of aliphatic imine (C=N–C) groups is 1.